The van der Waals surface area contributed by atoms with Crippen LogP contribution in [0.5, 0.6) is 0 Å². The van der Waals surface area contributed by atoms with Crippen molar-refractivity contribution in [1.82, 2.24) is 15.3 Å². The van der Waals surface area contributed by atoms with Gasteiger partial charge < -0.3 is 16.4 Å². The van der Waals surface area contributed by atoms with Crippen molar-refractivity contribution < 1.29 is 0 Å². The van der Waals surface area contributed by atoms with Crippen LogP contribution in [0.1, 0.15) is 36.9 Å². The van der Waals surface area contributed by atoms with E-state index in [1.807, 2.05) is 0 Å². The number of fused-ring (bicyclic) bond motifs is 1. The molecule has 0 radical (unpaired) electrons. The highest BCUT2D eigenvalue weighted by Crippen LogP contribution is 2.23. The number of hydrogen-bond acceptors (Lipinski definition) is 5. The molecule has 0 unspecified atom stereocenters. The van der Waals surface area contributed by atoms with Crippen LogP contribution in [0.25, 0.3) is 0 Å². The van der Waals surface area contributed by atoms with Gasteiger partial charge in [0.15, 0.2) is 0 Å². The van der Waals surface area contributed by atoms with E-state index < -0.39 is 0 Å². The highest BCUT2D eigenvalue weighted by molar-refractivity contribution is 5.48. The van der Waals surface area contributed by atoms with Gasteiger partial charge in [0.2, 0.25) is 5.95 Å². The summed E-state index contributed by atoms with van der Waals surface area (Å²) in [6.45, 7) is 1.77. The monoisotopic (exact) mass is 233 g/mol. The first-order valence-electron chi connectivity index (χ1n) is 6.45. The Kier molecular flexibility index (Phi) is 2.84. The van der Waals surface area contributed by atoms with Crippen molar-refractivity contribution in [3.8, 4) is 0 Å². The van der Waals surface area contributed by atoms with E-state index >= 15 is 0 Å². The smallest absolute Gasteiger partial charge is 0.225 e. The van der Waals surface area contributed by atoms with Crippen LogP contribution in [0.3, 0.4) is 0 Å². The third-order valence-corrected chi connectivity index (χ3v) is 3.65. The molecule has 2 aliphatic rings. The minimum atomic E-state index is 0.536. The lowest BCUT2D eigenvalue weighted by atomic mass is 10.1. The Morgan fingerprint density at radius 2 is 2.06 bits per heavy atom. The average Bonchev–Trinajstić information content (AvgIpc) is 2.82. The summed E-state index contributed by atoms with van der Waals surface area (Å²) in [4.78, 5) is 8.96. The maximum Gasteiger partial charge on any atom is 0.225 e. The molecular formula is C12H19N5. The van der Waals surface area contributed by atoms with Gasteiger partial charge in [0, 0.05) is 31.1 Å². The molecule has 92 valence electrons. The van der Waals surface area contributed by atoms with Gasteiger partial charge in [-0.1, -0.05) is 12.8 Å². The Morgan fingerprint density at radius 3 is 2.88 bits per heavy atom. The zero-order valence-corrected chi connectivity index (χ0v) is 10.00. The highest BCUT2D eigenvalue weighted by atomic mass is 15.1. The molecule has 0 aromatic carbocycles. The van der Waals surface area contributed by atoms with Crippen molar-refractivity contribution in [3.05, 3.63) is 11.3 Å². The zero-order chi connectivity index (χ0) is 11.7. The topological polar surface area (TPSA) is 75.9 Å². The summed E-state index contributed by atoms with van der Waals surface area (Å²) in [5, 5.41) is 6.70. The number of rotatable bonds is 2. The Balaban J connectivity index is 1.82. The summed E-state index contributed by atoms with van der Waals surface area (Å²) in [7, 11) is 0. The Hall–Kier alpha value is -1.36. The van der Waals surface area contributed by atoms with Crippen LogP contribution in [0.15, 0.2) is 0 Å². The largest absolute Gasteiger partial charge is 0.383 e. The first kappa shape index (κ1) is 10.8. The van der Waals surface area contributed by atoms with Gasteiger partial charge >= 0.3 is 0 Å². The molecule has 1 saturated carbocycles. The molecule has 17 heavy (non-hydrogen) atoms. The minimum absolute atomic E-state index is 0.536. The summed E-state index contributed by atoms with van der Waals surface area (Å²) in [5.41, 5.74) is 8.17. The van der Waals surface area contributed by atoms with Crippen LogP contribution in [-0.4, -0.2) is 22.6 Å². The molecule has 2 heterocycles. The fraction of sp³-hybridized carbons (Fsp3) is 0.667. The van der Waals surface area contributed by atoms with Gasteiger partial charge in [-0.15, -0.1) is 0 Å². The Labute approximate surface area is 101 Å². The second-order valence-electron chi connectivity index (χ2n) is 4.91. The molecule has 1 aromatic heterocycles. The predicted molar refractivity (Wildman–Crippen MR) is 67.7 cm³/mol. The Morgan fingerprint density at radius 1 is 1.24 bits per heavy atom. The first-order chi connectivity index (χ1) is 8.33. The highest BCUT2D eigenvalue weighted by Gasteiger charge is 2.19. The second kappa shape index (κ2) is 4.49. The van der Waals surface area contributed by atoms with Crippen molar-refractivity contribution >= 4 is 11.8 Å². The molecule has 0 atom stereocenters. The van der Waals surface area contributed by atoms with Crippen molar-refractivity contribution in [2.75, 3.05) is 17.6 Å². The number of nitrogens with one attached hydrogen (secondary N) is 2. The van der Waals surface area contributed by atoms with Crippen LogP contribution < -0.4 is 16.4 Å². The van der Waals surface area contributed by atoms with Gasteiger partial charge in [-0.05, 0) is 12.8 Å². The lowest BCUT2D eigenvalue weighted by Gasteiger charge is -2.19. The van der Waals surface area contributed by atoms with Gasteiger partial charge in [-0.3, -0.25) is 0 Å². The lowest BCUT2D eigenvalue weighted by Crippen LogP contribution is -2.27. The molecule has 4 N–H and O–H groups in total. The average molecular weight is 233 g/mol. The number of nitrogens with zero attached hydrogens (tertiary/aromatic N) is 2. The summed E-state index contributed by atoms with van der Waals surface area (Å²) < 4.78 is 0. The molecule has 0 saturated heterocycles. The third-order valence-electron chi connectivity index (χ3n) is 3.65. The van der Waals surface area contributed by atoms with Gasteiger partial charge in [0.25, 0.3) is 0 Å². The normalized spacial score (nSPS) is 20.2. The number of hydrogen-bond donors (Lipinski definition) is 3. The summed E-state index contributed by atoms with van der Waals surface area (Å²) >= 11 is 0. The van der Waals surface area contributed by atoms with E-state index in [2.05, 4.69) is 20.6 Å². The summed E-state index contributed by atoms with van der Waals surface area (Å²) in [5.74, 6) is 1.35. The SMILES string of the molecule is Nc1nc(NC2CCCC2)nc2c1CNCC2. The van der Waals surface area contributed by atoms with E-state index in [1.165, 1.54) is 25.7 Å². The molecule has 1 aliphatic carbocycles. The molecule has 1 aliphatic heterocycles. The van der Waals surface area contributed by atoms with Crippen LogP contribution in [0, 0.1) is 0 Å². The van der Waals surface area contributed by atoms with Gasteiger partial charge in [0.1, 0.15) is 5.82 Å². The summed E-state index contributed by atoms with van der Waals surface area (Å²) in [6, 6.07) is 0.536. The molecule has 1 aromatic rings. The predicted octanol–water partition coefficient (Wildman–Crippen LogP) is 1.06. The maximum absolute atomic E-state index is 5.99. The molecule has 0 spiro atoms. The van der Waals surface area contributed by atoms with Crippen molar-refractivity contribution in [1.29, 1.82) is 0 Å². The molecule has 5 nitrogen and oxygen atoms in total. The second-order valence-corrected chi connectivity index (χ2v) is 4.91. The number of nitrogens with two attached hydrogens (primary N) is 1. The van der Waals surface area contributed by atoms with E-state index in [1.54, 1.807) is 0 Å². The number of nitrogen functional groups attached to an aromatic ring is 1. The lowest BCUT2D eigenvalue weighted by molar-refractivity contribution is 0.627. The molecule has 0 amide bonds. The maximum atomic E-state index is 5.99. The van der Waals surface area contributed by atoms with E-state index in [0.29, 0.717) is 11.9 Å². The van der Waals surface area contributed by atoms with Gasteiger partial charge in [-0.25, -0.2) is 4.98 Å². The number of aromatic nitrogens is 2. The van der Waals surface area contributed by atoms with E-state index in [0.717, 1.165) is 36.7 Å². The quantitative estimate of drug-likeness (QED) is 0.712. The molecule has 3 rings (SSSR count). The van der Waals surface area contributed by atoms with Crippen LogP contribution in [0.2, 0.25) is 0 Å². The minimum Gasteiger partial charge on any atom is -0.383 e. The van der Waals surface area contributed by atoms with Gasteiger partial charge in [-0.2, -0.15) is 4.98 Å². The third kappa shape index (κ3) is 2.20. The van der Waals surface area contributed by atoms with E-state index in [-0.39, 0.29) is 0 Å². The van der Waals surface area contributed by atoms with Crippen molar-refractivity contribution in [2.24, 2.45) is 0 Å². The Bertz CT molecular complexity index is 412. The van der Waals surface area contributed by atoms with E-state index in [9.17, 15) is 0 Å². The van der Waals surface area contributed by atoms with Crippen molar-refractivity contribution in [3.63, 3.8) is 0 Å². The standard InChI is InChI=1S/C12H19N5/c13-11-9-7-14-6-5-10(9)16-12(17-11)15-8-3-1-2-4-8/h8,14H,1-7H2,(H3,13,15,16,17). The van der Waals surface area contributed by atoms with Crippen LogP contribution in [0.4, 0.5) is 11.8 Å². The molecule has 1 fully saturated rings. The molecular weight excluding hydrogens is 214 g/mol. The van der Waals surface area contributed by atoms with Crippen molar-refractivity contribution in [2.45, 2.75) is 44.7 Å². The fourth-order valence-corrected chi connectivity index (χ4v) is 2.69. The first-order valence-corrected chi connectivity index (χ1v) is 6.45. The zero-order valence-electron chi connectivity index (χ0n) is 10.00. The van der Waals surface area contributed by atoms with Crippen LogP contribution in [-0.2, 0) is 13.0 Å². The van der Waals surface area contributed by atoms with Crippen LogP contribution >= 0.6 is 0 Å². The molecule has 0 bridgehead atoms. The fourth-order valence-electron chi connectivity index (χ4n) is 2.69. The molecule has 5 heteroatoms. The van der Waals surface area contributed by atoms with Gasteiger partial charge in [0.05, 0.1) is 5.69 Å². The summed E-state index contributed by atoms with van der Waals surface area (Å²) in [6.07, 6.45) is 6.01. The van der Waals surface area contributed by atoms with E-state index in [4.69, 9.17) is 5.73 Å². The number of anilines is 2.